The van der Waals surface area contributed by atoms with Crippen LogP contribution in [-0.2, 0) is 19.5 Å². The van der Waals surface area contributed by atoms with E-state index in [0.717, 1.165) is 44.8 Å². The highest BCUT2D eigenvalue weighted by Gasteiger charge is 2.18. The molecule has 152 valence electrons. The van der Waals surface area contributed by atoms with E-state index in [2.05, 4.69) is 53.2 Å². The Hall–Kier alpha value is -1.92. The fourth-order valence-electron chi connectivity index (χ4n) is 3.68. The number of nitrogens with zero attached hydrogens (tertiary/aromatic N) is 2. The molecule has 28 heavy (non-hydrogen) atoms. The molecule has 0 saturated heterocycles. The number of hydrogen-bond donors (Lipinski definition) is 2. The number of ether oxygens (including phenoxy) is 1. The molecular formula is C23H32N2O3. The van der Waals surface area contributed by atoms with Crippen LogP contribution in [-0.4, -0.2) is 66.0 Å². The van der Waals surface area contributed by atoms with Crippen molar-refractivity contribution < 1.29 is 14.9 Å². The monoisotopic (exact) mass is 384 g/mol. The Labute approximate surface area is 168 Å². The van der Waals surface area contributed by atoms with Crippen molar-refractivity contribution in [3.63, 3.8) is 0 Å². The minimum Gasteiger partial charge on any atom is -0.491 e. The molecule has 0 bridgehead atoms. The number of benzene rings is 2. The van der Waals surface area contributed by atoms with Crippen LogP contribution in [0.2, 0.25) is 0 Å². The van der Waals surface area contributed by atoms with Crippen molar-refractivity contribution in [1.82, 2.24) is 9.80 Å². The molecule has 1 atom stereocenters. The third-order valence-electron chi connectivity index (χ3n) is 5.19. The van der Waals surface area contributed by atoms with Crippen molar-refractivity contribution in [2.24, 2.45) is 0 Å². The van der Waals surface area contributed by atoms with Gasteiger partial charge in [-0.15, -0.1) is 0 Å². The SMILES string of the molecule is CN(CCCO)Cc1ccc(OC[C@H](O)CN2CCc3ccccc3C2)cc1. The van der Waals surface area contributed by atoms with Crippen LogP contribution in [0.25, 0.3) is 0 Å². The number of β-amino-alcohol motifs (C(OH)–C–C–N with tert-alkyl or cyclic N) is 1. The Morgan fingerprint density at radius 3 is 2.61 bits per heavy atom. The quantitative estimate of drug-likeness (QED) is 0.658. The van der Waals surface area contributed by atoms with Gasteiger partial charge in [-0.25, -0.2) is 0 Å². The van der Waals surface area contributed by atoms with Crippen LogP contribution >= 0.6 is 0 Å². The molecule has 3 rings (SSSR count). The molecule has 0 aliphatic carbocycles. The Morgan fingerprint density at radius 1 is 1.11 bits per heavy atom. The zero-order chi connectivity index (χ0) is 19.8. The molecule has 0 radical (unpaired) electrons. The second-order valence-corrected chi connectivity index (χ2v) is 7.68. The van der Waals surface area contributed by atoms with Gasteiger partial charge >= 0.3 is 0 Å². The summed E-state index contributed by atoms with van der Waals surface area (Å²) in [4.78, 5) is 4.48. The van der Waals surface area contributed by atoms with Crippen LogP contribution in [0.5, 0.6) is 5.75 Å². The van der Waals surface area contributed by atoms with Crippen LogP contribution in [0.1, 0.15) is 23.1 Å². The summed E-state index contributed by atoms with van der Waals surface area (Å²) in [6.07, 6.45) is 1.32. The van der Waals surface area contributed by atoms with Crippen molar-refractivity contribution in [2.45, 2.75) is 32.0 Å². The Kier molecular flexibility index (Phi) is 7.86. The maximum atomic E-state index is 10.4. The number of rotatable bonds is 10. The average Bonchev–Trinajstić information content (AvgIpc) is 2.71. The number of hydrogen-bond acceptors (Lipinski definition) is 5. The van der Waals surface area contributed by atoms with Gasteiger partial charge in [0.15, 0.2) is 0 Å². The fourth-order valence-corrected chi connectivity index (χ4v) is 3.68. The Bertz CT molecular complexity index is 720. The van der Waals surface area contributed by atoms with Crippen molar-refractivity contribution in [3.8, 4) is 5.75 Å². The van der Waals surface area contributed by atoms with E-state index in [1.165, 1.54) is 16.7 Å². The van der Waals surface area contributed by atoms with Gasteiger partial charge in [0, 0.05) is 39.3 Å². The van der Waals surface area contributed by atoms with Crippen LogP contribution in [0.15, 0.2) is 48.5 Å². The molecule has 5 nitrogen and oxygen atoms in total. The van der Waals surface area contributed by atoms with Gasteiger partial charge in [0.1, 0.15) is 18.5 Å². The maximum Gasteiger partial charge on any atom is 0.119 e. The topological polar surface area (TPSA) is 56.2 Å². The van der Waals surface area contributed by atoms with Crippen LogP contribution in [0.4, 0.5) is 0 Å². The van der Waals surface area contributed by atoms with E-state index in [4.69, 9.17) is 9.84 Å². The molecule has 0 fully saturated rings. The highest BCUT2D eigenvalue weighted by Crippen LogP contribution is 2.19. The Morgan fingerprint density at radius 2 is 1.86 bits per heavy atom. The smallest absolute Gasteiger partial charge is 0.119 e. The normalized spacial score (nSPS) is 15.4. The lowest BCUT2D eigenvalue weighted by Gasteiger charge is -2.30. The molecule has 2 aromatic rings. The number of aliphatic hydroxyl groups is 2. The van der Waals surface area contributed by atoms with Crippen molar-refractivity contribution in [2.75, 3.05) is 39.9 Å². The van der Waals surface area contributed by atoms with Crippen LogP contribution < -0.4 is 4.74 Å². The maximum absolute atomic E-state index is 10.4. The first-order valence-electron chi connectivity index (χ1n) is 10.1. The van der Waals surface area contributed by atoms with Gasteiger partial charge in [-0.1, -0.05) is 36.4 Å². The molecule has 1 heterocycles. The van der Waals surface area contributed by atoms with Crippen molar-refractivity contribution in [3.05, 3.63) is 65.2 Å². The zero-order valence-electron chi connectivity index (χ0n) is 16.8. The highest BCUT2D eigenvalue weighted by atomic mass is 16.5. The van der Waals surface area contributed by atoms with E-state index in [0.29, 0.717) is 13.2 Å². The molecule has 0 amide bonds. The summed E-state index contributed by atoms with van der Waals surface area (Å²) in [5.74, 6) is 0.782. The summed E-state index contributed by atoms with van der Waals surface area (Å²) in [5, 5.41) is 19.3. The van der Waals surface area contributed by atoms with Gasteiger partial charge in [-0.05, 0) is 48.7 Å². The lowest BCUT2D eigenvalue weighted by molar-refractivity contribution is 0.0638. The third-order valence-corrected chi connectivity index (χ3v) is 5.19. The molecule has 0 aromatic heterocycles. The number of fused-ring (bicyclic) bond motifs is 1. The van der Waals surface area contributed by atoms with E-state index in [1.807, 2.05) is 12.1 Å². The summed E-state index contributed by atoms with van der Waals surface area (Å²) in [7, 11) is 2.05. The first kappa shape index (κ1) is 20.8. The second-order valence-electron chi connectivity index (χ2n) is 7.68. The Balaban J connectivity index is 1.40. The molecule has 1 aliphatic rings. The fraction of sp³-hybridized carbons (Fsp3) is 0.478. The molecule has 2 aromatic carbocycles. The summed E-state index contributed by atoms with van der Waals surface area (Å²) in [5.41, 5.74) is 3.99. The van der Waals surface area contributed by atoms with Gasteiger partial charge in [0.25, 0.3) is 0 Å². The zero-order valence-corrected chi connectivity index (χ0v) is 16.8. The van der Waals surface area contributed by atoms with E-state index < -0.39 is 6.10 Å². The summed E-state index contributed by atoms with van der Waals surface area (Å²) in [6, 6.07) is 16.6. The third kappa shape index (κ3) is 6.31. The van der Waals surface area contributed by atoms with Gasteiger partial charge in [0.2, 0.25) is 0 Å². The molecule has 5 heteroatoms. The number of aliphatic hydroxyl groups excluding tert-OH is 2. The van der Waals surface area contributed by atoms with Gasteiger partial charge in [-0.3, -0.25) is 4.90 Å². The minimum absolute atomic E-state index is 0.226. The highest BCUT2D eigenvalue weighted by molar-refractivity contribution is 5.29. The van der Waals surface area contributed by atoms with Gasteiger partial charge < -0.3 is 19.8 Å². The standard InChI is InChI=1S/C23H32N2O3/c1-24(12-4-14-26)15-19-7-9-23(10-8-19)28-18-22(27)17-25-13-11-20-5-2-3-6-21(20)16-25/h2-3,5-10,22,26-27H,4,11-18H2,1H3/t22-/m1/s1. The molecule has 0 saturated carbocycles. The first-order chi connectivity index (χ1) is 13.6. The predicted molar refractivity (Wildman–Crippen MR) is 111 cm³/mol. The lowest BCUT2D eigenvalue weighted by Crippen LogP contribution is -2.38. The molecule has 2 N–H and O–H groups in total. The molecule has 0 unspecified atom stereocenters. The van der Waals surface area contributed by atoms with Crippen LogP contribution in [0, 0.1) is 0 Å². The van der Waals surface area contributed by atoms with Crippen LogP contribution in [0.3, 0.4) is 0 Å². The van der Waals surface area contributed by atoms with E-state index in [1.54, 1.807) is 0 Å². The van der Waals surface area contributed by atoms with Crippen molar-refractivity contribution >= 4 is 0 Å². The van der Waals surface area contributed by atoms with Crippen molar-refractivity contribution in [1.29, 1.82) is 0 Å². The van der Waals surface area contributed by atoms with E-state index >= 15 is 0 Å². The second kappa shape index (κ2) is 10.6. The minimum atomic E-state index is -0.505. The van der Waals surface area contributed by atoms with E-state index in [-0.39, 0.29) is 6.61 Å². The summed E-state index contributed by atoms with van der Waals surface area (Å²) >= 11 is 0. The largest absolute Gasteiger partial charge is 0.491 e. The summed E-state index contributed by atoms with van der Waals surface area (Å²) in [6.45, 7) is 4.75. The van der Waals surface area contributed by atoms with E-state index in [9.17, 15) is 5.11 Å². The predicted octanol–water partition coefficient (Wildman–Crippen LogP) is 2.30. The van der Waals surface area contributed by atoms with Gasteiger partial charge in [-0.2, -0.15) is 0 Å². The average molecular weight is 385 g/mol. The first-order valence-corrected chi connectivity index (χ1v) is 10.1. The lowest BCUT2D eigenvalue weighted by atomic mass is 10.00. The molecular weight excluding hydrogens is 352 g/mol. The molecule has 1 aliphatic heterocycles. The van der Waals surface area contributed by atoms with Gasteiger partial charge in [0.05, 0.1) is 0 Å². The molecule has 0 spiro atoms. The summed E-state index contributed by atoms with van der Waals surface area (Å²) < 4.78 is 5.78.